The van der Waals surface area contributed by atoms with Crippen molar-refractivity contribution < 1.29 is 13.2 Å². The topological polar surface area (TPSA) is 111 Å². The molecule has 3 heterocycles. The molecule has 0 bridgehead atoms. The largest absolute Gasteiger partial charge is 0.368 e. The van der Waals surface area contributed by atoms with Crippen LogP contribution < -0.4 is 9.62 Å². The van der Waals surface area contributed by atoms with Gasteiger partial charge in [0.15, 0.2) is 5.13 Å². The number of piperazine rings is 1. The Kier molecular flexibility index (Phi) is 6.62. The average Bonchev–Trinajstić information content (AvgIpc) is 3.55. The highest BCUT2D eigenvalue weighted by Gasteiger charge is 2.31. The maximum Gasteiger partial charge on any atom is 0.263 e. The highest BCUT2D eigenvalue weighted by Crippen LogP contribution is 2.28. The van der Waals surface area contributed by atoms with Gasteiger partial charge in [0, 0.05) is 54.5 Å². The molecule has 1 saturated heterocycles. The molecule has 2 unspecified atom stereocenters. The Bertz CT molecular complexity index is 1570. The molecular weight excluding hydrogens is 508 g/mol. The quantitative estimate of drug-likeness (QED) is 0.399. The number of carbonyl (C=O) groups excluding carboxylic acids is 1. The first kappa shape index (κ1) is 24.8. The van der Waals surface area contributed by atoms with Gasteiger partial charge in [-0.1, -0.05) is 18.2 Å². The molecule has 9 nitrogen and oxygen atoms in total. The van der Waals surface area contributed by atoms with Gasteiger partial charge in [-0.25, -0.2) is 13.4 Å². The average molecular weight is 535 g/mol. The maximum atomic E-state index is 13.5. The van der Waals surface area contributed by atoms with Crippen molar-refractivity contribution in [2.75, 3.05) is 29.3 Å². The van der Waals surface area contributed by atoms with E-state index < -0.39 is 16.1 Å². The van der Waals surface area contributed by atoms with E-state index in [2.05, 4.69) is 20.7 Å². The summed E-state index contributed by atoms with van der Waals surface area (Å²) in [6.07, 6.45) is 3.30. The molecule has 2 aromatic heterocycles. The van der Waals surface area contributed by atoms with Crippen molar-refractivity contribution in [1.29, 1.82) is 5.26 Å². The second-order valence-electron chi connectivity index (χ2n) is 9.02. The minimum atomic E-state index is -3.71. The molecule has 11 heteroatoms. The van der Waals surface area contributed by atoms with Crippen LogP contribution >= 0.6 is 11.3 Å². The smallest absolute Gasteiger partial charge is 0.263 e. The number of thiazole rings is 1. The van der Waals surface area contributed by atoms with Gasteiger partial charge in [0.05, 0.1) is 16.0 Å². The Balaban J connectivity index is 1.27. The molecule has 0 aliphatic carbocycles. The second kappa shape index (κ2) is 9.88. The third-order valence-electron chi connectivity index (χ3n) is 6.71. The number of para-hydroxylation sites is 1. The zero-order chi connectivity index (χ0) is 26.2. The molecule has 37 heavy (non-hydrogen) atoms. The highest BCUT2D eigenvalue weighted by molar-refractivity contribution is 7.93. The Labute approximate surface area is 219 Å². The van der Waals surface area contributed by atoms with Crippen LogP contribution in [-0.4, -0.2) is 54.5 Å². The number of fused-ring (bicyclic) bond motifs is 1. The molecule has 1 N–H and O–H groups in total. The number of nitriles is 1. The van der Waals surface area contributed by atoms with E-state index in [0.29, 0.717) is 30.3 Å². The summed E-state index contributed by atoms with van der Waals surface area (Å²) in [5.74, 6) is 0.00657. The van der Waals surface area contributed by atoms with Crippen LogP contribution in [0.3, 0.4) is 0 Å². The summed E-state index contributed by atoms with van der Waals surface area (Å²) in [7, 11) is -3.71. The molecule has 1 aliphatic heterocycles. The number of nitrogens with zero attached hydrogens (tertiary/aromatic N) is 5. The molecule has 1 aliphatic rings. The number of anilines is 2. The summed E-state index contributed by atoms with van der Waals surface area (Å²) in [6.45, 7) is 5.68. The number of benzene rings is 2. The van der Waals surface area contributed by atoms with E-state index in [1.54, 1.807) is 42.0 Å². The van der Waals surface area contributed by atoms with E-state index in [4.69, 9.17) is 0 Å². The maximum absolute atomic E-state index is 13.5. The van der Waals surface area contributed by atoms with Crippen molar-refractivity contribution >= 4 is 49.0 Å². The van der Waals surface area contributed by atoms with Crippen LogP contribution in [0.1, 0.15) is 25.5 Å². The number of sulfonamides is 1. The number of hydrogen-bond donors (Lipinski definition) is 1. The highest BCUT2D eigenvalue weighted by atomic mass is 32.2. The Morgan fingerprint density at radius 3 is 2.62 bits per heavy atom. The number of rotatable bonds is 6. The van der Waals surface area contributed by atoms with Crippen LogP contribution in [0.4, 0.5) is 10.8 Å². The summed E-state index contributed by atoms with van der Waals surface area (Å²) in [4.78, 5) is 21.7. The Morgan fingerprint density at radius 1 is 1.19 bits per heavy atom. The van der Waals surface area contributed by atoms with Gasteiger partial charge in [0.1, 0.15) is 12.1 Å². The first-order valence-electron chi connectivity index (χ1n) is 11.9. The molecule has 2 atom stereocenters. The van der Waals surface area contributed by atoms with Gasteiger partial charge in [0.2, 0.25) is 5.91 Å². The third kappa shape index (κ3) is 4.77. The van der Waals surface area contributed by atoms with Gasteiger partial charge < -0.3 is 14.4 Å². The lowest BCUT2D eigenvalue weighted by Gasteiger charge is -2.42. The van der Waals surface area contributed by atoms with E-state index in [0.717, 1.165) is 16.6 Å². The molecular formula is C26H26N6O3S2. The van der Waals surface area contributed by atoms with Crippen LogP contribution in [0, 0.1) is 11.3 Å². The number of hydrogen-bond acceptors (Lipinski definition) is 7. The number of aromatic nitrogens is 2. The lowest BCUT2D eigenvalue weighted by Crippen LogP contribution is -2.55. The first-order valence-corrected chi connectivity index (χ1v) is 14.2. The summed E-state index contributed by atoms with van der Waals surface area (Å²) in [5.41, 5.74) is 2.32. The number of amides is 1. The lowest BCUT2D eigenvalue weighted by atomic mass is 10.1. The van der Waals surface area contributed by atoms with Crippen molar-refractivity contribution in [2.24, 2.45) is 0 Å². The predicted octanol–water partition coefficient (Wildman–Crippen LogP) is 4.07. The minimum absolute atomic E-state index is 0.00657. The lowest BCUT2D eigenvalue weighted by molar-refractivity contribution is -0.136. The zero-order valence-corrected chi connectivity index (χ0v) is 22.0. The Hall–Kier alpha value is -3.88. The summed E-state index contributed by atoms with van der Waals surface area (Å²) >= 11 is 1.22. The van der Waals surface area contributed by atoms with Gasteiger partial charge >= 0.3 is 0 Å². The molecule has 2 aromatic carbocycles. The van der Waals surface area contributed by atoms with E-state index in [1.807, 2.05) is 47.6 Å². The Morgan fingerprint density at radius 2 is 1.95 bits per heavy atom. The third-order valence-corrected chi connectivity index (χ3v) is 8.88. The van der Waals surface area contributed by atoms with E-state index in [-0.39, 0.29) is 16.8 Å². The number of nitrogens with one attached hydrogen (secondary N) is 1. The SMILES string of the molecule is CC1CN(c2ccc(S(=O)(=O)Nc3nccs3)cc2)CCN1C(=O)C(C)n1cc(C#N)c2ccccc21. The monoisotopic (exact) mass is 534 g/mol. The second-order valence-corrected chi connectivity index (χ2v) is 11.6. The van der Waals surface area contributed by atoms with Gasteiger partial charge in [-0.2, -0.15) is 5.26 Å². The van der Waals surface area contributed by atoms with E-state index in [9.17, 15) is 18.5 Å². The normalized spacial score (nSPS) is 16.9. The first-order chi connectivity index (χ1) is 17.8. The predicted molar refractivity (Wildman–Crippen MR) is 144 cm³/mol. The molecule has 190 valence electrons. The minimum Gasteiger partial charge on any atom is -0.368 e. The molecule has 4 aromatic rings. The standard InChI is InChI=1S/C26H26N6O3S2/c1-18-16-30(21-7-9-22(10-8-21)37(34,35)29-26-28-11-14-36-26)12-13-31(18)25(33)19(2)32-17-20(15-27)23-5-3-4-6-24(23)32/h3-11,14,17-19H,12-13,16H2,1-2H3,(H,28,29). The molecule has 1 amide bonds. The van der Waals surface area contributed by atoms with Gasteiger partial charge in [0.25, 0.3) is 10.0 Å². The van der Waals surface area contributed by atoms with Crippen LogP contribution in [-0.2, 0) is 14.8 Å². The van der Waals surface area contributed by atoms with Crippen LogP contribution in [0.25, 0.3) is 10.9 Å². The van der Waals surface area contributed by atoms with Crippen LogP contribution in [0.15, 0.2) is 71.2 Å². The van der Waals surface area contributed by atoms with Crippen molar-refractivity contribution in [3.8, 4) is 6.07 Å². The summed E-state index contributed by atoms with van der Waals surface area (Å²) < 4.78 is 29.6. The molecule has 1 fully saturated rings. The van der Waals surface area contributed by atoms with Crippen molar-refractivity contribution in [3.63, 3.8) is 0 Å². The molecule has 5 rings (SSSR count). The van der Waals surface area contributed by atoms with Gasteiger partial charge in [-0.05, 0) is 44.2 Å². The van der Waals surface area contributed by atoms with Crippen molar-refractivity contribution in [3.05, 3.63) is 71.9 Å². The van der Waals surface area contributed by atoms with E-state index >= 15 is 0 Å². The van der Waals surface area contributed by atoms with Crippen molar-refractivity contribution in [1.82, 2.24) is 14.5 Å². The molecule has 0 radical (unpaired) electrons. The number of carbonyl (C=O) groups is 1. The molecule has 0 spiro atoms. The fraction of sp³-hybridized carbons (Fsp3) is 0.269. The molecule has 0 saturated carbocycles. The van der Waals surface area contributed by atoms with Gasteiger partial charge in [-0.15, -0.1) is 11.3 Å². The zero-order valence-electron chi connectivity index (χ0n) is 20.4. The van der Waals surface area contributed by atoms with E-state index in [1.165, 1.54) is 11.3 Å². The van der Waals surface area contributed by atoms with Gasteiger partial charge in [-0.3, -0.25) is 9.52 Å². The summed E-state index contributed by atoms with van der Waals surface area (Å²) in [6, 6.07) is 16.1. The fourth-order valence-electron chi connectivity index (χ4n) is 4.78. The summed E-state index contributed by atoms with van der Waals surface area (Å²) in [5, 5.41) is 12.4. The fourth-order valence-corrected chi connectivity index (χ4v) is 6.57. The van der Waals surface area contributed by atoms with Crippen LogP contribution in [0.5, 0.6) is 0 Å². The van der Waals surface area contributed by atoms with Crippen molar-refractivity contribution in [2.45, 2.75) is 30.8 Å². The van der Waals surface area contributed by atoms with Crippen LogP contribution in [0.2, 0.25) is 0 Å².